The van der Waals surface area contributed by atoms with Crippen molar-refractivity contribution in [3.05, 3.63) is 57.6 Å². The monoisotopic (exact) mass is 488 g/mol. The highest BCUT2D eigenvalue weighted by Gasteiger charge is 2.34. The van der Waals surface area contributed by atoms with Gasteiger partial charge in [0.2, 0.25) is 0 Å². The highest BCUT2D eigenvalue weighted by Crippen LogP contribution is 2.35. The third-order valence-electron chi connectivity index (χ3n) is 4.36. The number of anilines is 1. The highest BCUT2D eigenvalue weighted by molar-refractivity contribution is 9.10. The van der Waals surface area contributed by atoms with E-state index in [-0.39, 0.29) is 10.7 Å². The van der Waals surface area contributed by atoms with Gasteiger partial charge in [-0.2, -0.15) is 0 Å². The zero-order chi connectivity index (χ0) is 21.8. The zero-order valence-corrected chi connectivity index (χ0v) is 19.2. The molecule has 1 fully saturated rings. The molecule has 2 aromatic carbocycles. The number of hydrogen-bond acceptors (Lipinski definition) is 5. The molecule has 0 saturated carbocycles. The highest BCUT2D eigenvalue weighted by atomic mass is 79.9. The van der Waals surface area contributed by atoms with Gasteiger partial charge in [0.1, 0.15) is 17.1 Å². The lowest BCUT2D eigenvalue weighted by Gasteiger charge is -2.29. The van der Waals surface area contributed by atoms with Crippen LogP contribution in [0.2, 0.25) is 0 Å². The van der Waals surface area contributed by atoms with E-state index in [4.69, 9.17) is 21.7 Å². The van der Waals surface area contributed by atoms with Crippen molar-refractivity contribution < 1.29 is 19.1 Å². The number of halogens is 1. The Hall–Kier alpha value is -2.71. The number of hydrogen-bond donors (Lipinski definition) is 1. The molecular formula is C22H21BrN2O4S. The Morgan fingerprint density at radius 2 is 1.70 bits per heavy atom. The Labute approximate surface area is 189 Å². The number of carbonyl (C=O) groups excluding carboxylic acids is 2. The number of thiocarbonyl (C=S) groups is 1. The SMILES string of the molecule is CCOc1cc(OCC)c(C=C2C(=O)NC(=S)N(c3ccc(C)cc3)C2=O)cc1Br. The van der Waals surface area contributed by atoms with Gasteiger partial charge in [0.05, 0.1) is 23.4 Å². The Kier molecular flexibility index (Phi) is 6.89. The van der Waals surface area contributed by atoms with Crippen molar-refractivity contribution in [3.8, 4) is 11.5 Å². The first-order valence-corrected chi connectivity index (χ1v) is 10.6. The molecule has 8 heteroatoms. The first kappa shape index (κ1) is 22.0. The number of ether oxygens (including phenoxy) is 2. The van der Waals surface area contributed by atoms with Gasteiger partial charge in [-0.15, -0.1) is 0 Å². The third kappa shape index (κ3) is 4.55. The maximum atomic E-state index is 13.2. The number of carbonyl (C=O) groups is 2. The lowest BCUT2D eigenvalue weighted by Crippen LogP contribution is -2.54. The topological polar surface area (TPSA) is 67.9 Å². The fourth-order valence-corrected chi connectivity index (χ4v) is 3.71. The van der Waals surface area contributed by atoms with Gasteiger partial charge in [-0.1, -0.05) is 17.7 Å². The van der Waals surface area contributed by atoms with Gasteiger partial charge in [0.15, 0.2) is 5.11 Å². The second kappa shape index (κ2) is 9.40. The van der Waals surface area contributed by atoms with E-state index in [2.05, 4.69) is 21.2 Å². The molecule has 30 heavy (non-hydrogen) atoms. The molecule has 1 aliphatic heterocycles. The van der Waals surface area contributed by atoms with Crippen LogP contribution < -0.4 is 19.7 Å². The molecule has 0 spiro atoms. The number of rotatable bonds is 6. The number of aryl methyl sites for hydroxylation is 1. The van der Waals surface area contributed by atoms with Crippen molar-refractivity contribution in [1.82, 2.24) is 5.32 Å². The van der Waals surface area contributed by atoms with E-state index in [9.17, 15) is 9.59 Å². The third-order valence-corrected chi connectivity index (χ3v) is 5.26. The normalized spacial score (nSPS) is 15.4. The van der Waals surface area contributed by atoms with Crippen molar-refractivity contribution in [2.45, 2.75) is 20.8 Å². The number of amides is 2. The molecule has 0 atom stereocenters. The summed E-state index contributed by atoms with van der Waals surface area (Å²) >= 11 is 8.71. The number of nitrogens with zero attached hydrogens (tertiary/aromatic N) is 1. The van der Waals surface area contributed by atoms with Gasteiger partial charge >= 0.3 is 0 Å². The Balaban J connectivity index is 2.05. The van der Waals surface area contributed by atoms with Crippen LogP contribution in [-0.2, 0) is 9.59 Å². The predicted octanol–water partition coefficient (Wildman–Crippen LogP) is 4.39. The lowest BCUT2D eigenvalue weighted by molar-refractivity contribution is -0.122. The number of benzene rings is 2. The molecule has 3 rings (SSSR count). The molecule has 156 valence electrons. The minimum absolute atomic E-state index is 0.0406. The standard InChI is InChI=1S/C22H21BrN2O4S/c1-4-28-18-12-19(29-5-2)17(23)11-14(18)10-16-20(26)24-22(30)25(21(16)27)15-8-6-13(3)7-9-15/h6-12H,4-5H2,1-3H3,(H,24,26,30). The average Bonchev–Trinajstić information content (AvgIpc) is 2.70. The van der Waals surface area contributed by atoms with Crippen molar-refractivity contribution in [2.75, 3.05) is 18.1 Å². The van der Waals surface area contributed by atoms with Gasteiger partial charge in [-0.25, -0.2) is 0 Å². The minimum Gasteiger partial charge on any atom is -0.493 e. The summed E-state index contributed by atoms with van der Waals surface area (Å²) < 4.78 is 12.0. The summed E-state index contributed by atoms with van der Waals surface area (Å²) in [6.45, 7) is 6.61. The van der Waals surface area contributed by atoms with E-state index in [1.165, 1.54) is 11.0 Å². The molecule has 0 unspecified atom stereocenters. The molecule has 0 radical (unpaired) electrons. The molecule has 1 saturated heterocycles. The van der Waals surface area contributed by atoms with Crippen LogP contribution in [0.25, 0.3) is 6.08 Å². The van der Waals surface area contributed by atoms with E-state index in [1.807, 2.05) is 32.9 Å². The number of nitrogens with one attached hydrogen (secondary N) is 1. The Bertz CT molecular complexity index is 1030. The van der Waals surface area contributed by atoms with E-state index in [0.717, 1.165) is 5.56 Å². The van der Waals surface area contributed by atoms with Gasteiger partial charge in [-0.3, -0.25) is 19.8 Å². The second-order valence-corrected chi connectivity index (χ2v) is 7.72. The maximum absolute atomic E-state index is 13.2. The molecule has 0 bridgehead atoms. The Morgan fingerprint density at radius 3 is 2.33 bits per heavy atom. The van der Waals surface area contributed by atoms with E-state index in [0.29, 0.717) is 40.4 Å². The van der Waals surface area contributed by atoms with Gasteiger partial charge in [0.25, 0.3) is 11.8 Å². The molecule has 2 amide bonds. The lowest BCUT2D eigenvalue weighted by atomic mass is 10.1. The largest absolute Gasteiger partial charge is 0.493 e. The fourth-order valence-electron chi connectivity index (χ4n) is 2.95. The van der Waals surface area contributed by atoms with Crippen LogP contribution in [0.5, 0.6) is 11.5 Å². The van der Waals surface area contributed by atoms with Gasteiger partial charge < -0.3 is 9.47 Å². The van der Waals surface area contributed by atoms with Gasteiger partial charge in [0, 0.05) is 11.6 Å². The molecule has 1 heterocycles. The van der Waals surface area contributed by atoms with Gasteiger partial charge in [-0.05, 0) is 73.2 Å². The predicted molar refractivity (Wildman–Crippen MR) is 124 cm³/mol. The summed E-state index contributed by atoms with van der Waals surface area (Å²) in [5.74, 6) is 0.0677. The quantitative estimate of drug-likeness (QED) is 0.371. The van der Waals surface area contributed by atoms with Crippen LogP contribution in [0.4, 0.5) is 5.69 Å². The second-order valence-electron chi connectivity index (χ2n) is 6.48. The summed E-state index contributed by atoms with van der Waals surface area (Å²) in [4.78, 5) is 27.1. The van der Waals surface area contributed by atoms with Crippen molar-refractivity contribution in [3.63, 3.8) is 0 Å². The molecular weight excluding hydrogens is 468 g/mol. The summed E-state index contributed by atoms with van der Waals surface area (Å²) in [5, 5.41) is 2.64. The molecule has 0 aliphatic carbocycles. The van der Waals surface area contributed by atoms with Crippen LogP contribution >= 0.6 is 28.1 Å². The van der Waals surface area contributed by atoms with Crippen molar-refractivity contribution in [1.29, 1.82) is 0 Å². The summed E-state index contributed by atoms with van der Waals surface area (Å²) in [6.07, 6.45) is 1.51. The summed E-state index contributed by atoms with van der Waals surface area (Å²) in [6, 6.07) is 10.8. The minimum atomic E-state index is -0.555. The maximum Gasteiger partial charge on any atom is 0.270 e. The van der Waals surface area contributed by atoms with Crippen LogP contribution in [0.1, 0.15) is 25.0 Å². The van der Waals surface area contributed by atoms with Crippen LogP contribution in [0, 0.1) is 6.92 Å². The summed E-state index contributed by atoms with van der Waals surface area (Å²) in [5.41, 5.74) is 2.16. The average molecular weight is 489 g/mol. The van der Waals surface area contributed by atoms with E-state index >= 15 is 0 Å². The van der Waals surface area contributed by atoms with Crippen LogP contribution in [0.3, 0.4) is 0 Å². The van der Waals surface area contributed by atoms with Crippen LogP contribution in [0.15, 0.2) is 46.4 Å². The van der Waals surface area contributed by atoms with Crippen LogP contribution in [-0.4, -0.2) is 30.1 Å². The van der Waals surface area contributed by atoms with E-state index < -0.39 is 11.8 Å². The zero-order valence-electron chi connectivity index (χ0n) is 16.8. The molecule has 1 aliphatic rings. The first-order valence-electron chi connectivity index (χ1n) is 9.43. The van der Waals surface area contributed by atoms with Crippen molar-refractivity contribution >= 4 is 56.8 Å². The smallest absolute Gasteiger partial charge is 0.270 e. The first-order chi connectivity index (χ1) is 14.3. The molecule has 2 aromatic rings. The Morgan fingerprint density at radius 1 is 1.07 bits per heavy atom. The fraction of sp³-hybridized carbons (Fsp3) is 0.227. The van der Waals surface area contributed by atoms with Crippen molar-refractivity contribution in [2.24, 2.45) is 0 Å². The molecule has 1 N–H and O–H groups in total. The van der Waals surface area contributed by atoms with E-state index in [1.54, 1.807) is 24.3 Å². The molecule has 6 nitrogen and oxygen atoms in total. The summed E-state index contributed by atoms with van der Waals surface area (Å²) in [7, 11) is 0. The molecule has 0 aromatic heterocycles.